The van der Waals surface area contributed by atoms with Crippen LogP contribution in [0.4, 0.5) is 11.4 Å². The minimum absolute atomic E-state index is 0.0287. The summed E-state index contributed by atoms with van der Waals surface area (Å²) < 4.78 is 5.36. The van der Waals surface area contributed by atoms with Gasteiger partial charge in [0, 0.05) is 24.4 Å². The number of non-ortho nitro benzene ring substituents is 1. The van der Waals surface area contributed by atoms with Gasteiger partial charge in [-0.1, -0.05) is 6.92 Å². The zero-order chi connectivity index (χ0) is 12.7. The van der Waals surface area contributed by atoms with Crippen molar-refractivity contribution in [3.05, 3.63) is 28.3 Å². The standard InChI is InChI=1S/C11H16N2O4/c1-2-5-17-11-7-9(12-3-4-14)6-10(8-11)13(15)16/h6-8,12,14H,2-5H2,1H3. The third-order valence-electron chi connectivity index (χ3n) is 2.02. The lowest BCUT2D eigenvalue weighted by molar-refractivity contribution is -0.384. The zero-order valence-electron chi connectivity index (χ0n) is 9.68. The van der Waals surface area contributed by atoms with Crippen LogP contribution >= 0.6 is 0 Å². The van der Waals surface area contributed by atoms with Gasteiger partial charge in [0.05, 0.1) is 24.2 Å². The number of nitro groups is 1. The summed E-state index contributed by atoms with van der Waals surface area (Å²) in [5.74, 6) is 0.460. The van der Waals surface area contributed by atoms with Gasteiger partial charge in [0.2, 0.25) is 0 Å². The van der Waals surface area contributed by atoms with Gasteiger partial charge in [-0.3, -0.25) is 10.1 Å². The highest BCUT2D eigenvalue weighted by atomic mass is 16.6. The zero-order valence-corrected chi connectivity index (χ0v) is 9.68. The first kappa shape index (κ1) is 13.2. The predicted molar refractivity (Wildman–Crippen MR) is 64.5 cm³/mol. The summed E-state index contributed by atoms with van der Waals surface area (Å²) in [6.45, 7) is 2.78. The number of benzene rings is 1. The normalized spacial score (nSPS) is 10.0. The number of rotatable bonds is 7. The fourth-order valence-electron chi connectivity index (χ4n) is 1.29. The molecule has 0 fully saturated rings. The SMILES string of the molecule is CCCOc1cc(NCCO)cc([N+](=O)[O-])c1. The highest BCUT2D eigenvalue weighted by Gasteiger charge is 2.10. The predicted octanol–water partition coefficient (Wildman–Crippen LogP) is 1.79. The molecule has 0 bridgehead atoms. The van der Waals surface area contributed by atoms with Gasteiger partial charge in [0.1, 0.15) is 5.75 Å². The Morgan fingerprint density at radius 2 is 2.24 bits per heavy atom. The molecule has 17 heavy (non-hydrogen) atoms. The Hall–Kier alpha value is -1.82. The van der Waals surface area contributed by atoms with Gasteiger partial charge >= 0.3 is 0 Å². The fraction of sp³-hybridized carbons (Fsp3) is 0.455. The fourth-order valence-corrected chi connectivity index (χ4v) is 1.29. The first-order valence-electron chi connectivity index (χ1n) is 5.44. The third kappa shape index (κ3) is 4.28. The molecule has 0 saturated heterocycles. The summed E-state index contributed by atoms with van der Waals surface area (Å²) >= 11 is 0. The van der Waals surface area contributed by atoms with Crippen molar-refractivity contribution >= 4 is 11.4 Å². The van der Waals surface area contributed by atoms with Crippen molar-refractivity contribution in [2.45, 2.75) is 13.3 Å². The van der Waals surface area contributed by atoms with Crippen LogP contribution in [0.25, 0.3) is 0 Å². The molecule has 1 aromatic rings. The Balaban J connectivity index is 2.88. The van der Waals surface area contributed by atoms with Crippen molar-refractivity contribution in [1.29, 1.82) is 0 Å². The summed E-state index contributed by atoms with van der Waals surface area (Å²) in [7, 11) is 0. The second-order valence-corrected chi connectivity index (χ2v) is 3.47. The molecule has 0 aliphatic heterocycles. The molecule has 0 aliphatic rings. The van der Waals surface area contributed by atoms with Crippen molar-refractivity contribution in [3.8, 4) is 5.75 Å². The van der Waals surface area contributed by atoms with Crippen LogP contribution in [0.5, 0.6) is 5.75 Å². The van der Waals surface area contributed by atoms with Crippen LogP contribution in [0.3, 0.4) is 0 Å². The third-order valence-corrected chi connectivity index (χ3v) is 2.02. The van der Waals surface area contributed by atoms with Gasteiger partial charge in [-0.15, -0.1) is 0 Å². The average Bonchev–Trinajstić information content (AvgIpc) is 2.33. The van der Waals surface area contributed by atoms with E-state index in [1.54, 1.807) is 6.07 Å². The molecule has 1 rings (SSSR count). The number of nitro benzene ring substituents is 1. The molecule has 2 N–H and O–H groups in total. The number of ether oxygens (including phenoxy) is 1. The first-order chi connectivity index (χ1) is 8.17. The van der Waals surface area contributed by atoms with Crippen molar-refractivity contribution in [2.75, 3.05) is 25.1 Å². The van der Waals surface area contributed by atoms with Crippen LogP contribution in [-0.2, 0) is 0 Å². The lowest BCUT2D eigenvalue weighted by Gasteiger charge is -2.08. The molecule has 1 aromatic carbocycles. The molecule has 6 nitrogen and oxygen atoms in total. The van der Waals surface area contributed by atoms with Crippen LogP contribution in [0.2, 0.25) is 0 Å². The minimum atomic E-state index is -0.469. The van der Waals surface area contributed by atoms with Gasteiger partial charge in [0.15, 0.2) is 0 Å². The van der Waals surface area contributed by atoms with Gasteiger partial charge in [-0.05, 0) is 6.42 Å². The summed E-state index contributed by atoms with van der Waals surface area (Å²) in [5, 5.41) is 22.3. The van der Waals surface area contributed by atoms with Gasteiger partial charge in [-0.2, -0.15) is 0 Å². The van der Waals surface area contributed by atoms with E-state index in [1.165, 1.54) is 12.1 Å². The number of hydrogen-bond acceptors (Lipinski definition) is 5. The van der Waals surface area contributed by atoms with E-state index in [0.29, 0.717) is 24.6 Å². The minimum Gasteiger partial charge on any atom is -0.493 e. The molecule has 0 aromatic heterocycles. The quantitative estimate of drug-likeness (QED) is 0.560. The molecule has 0 unspecified atom stereocenters. The molecular formula is C11H16N2O4. The van der Waals surface area contributed by atoms with Crippen molar-refractivity contribution < 1.29 is 14.8 Å². The van der Waals surface area contributed by atoms with E-state index in [9.17, 15) is 10.1 Å². The Morgan fingerprint density at radius 3 is 2.82 bits per heavy atom. The molecule has 0 saturated carbocycles. The largest absolute Gasteiger partial charge is 0.493 e. The molecule has 94 valence electrons. The maximum Gasteiger partial charge on any atom is 0.275 e. The highest BCUT2D eigenvalue weighted by molar-refractivity contribution is 5.56. The number of hydrogen-bond donors (Lipinski definition) is 2. The van der Waals surface area contributed by atoms with Crippen molar-refractivity contribution in [1.82, 2.24) is 0 Å². The smallest absolute Gasteiger partial charge is 0.275 e. The van der Waals surface area contributed by atoms with Crippen molar-refractivity contribution in [2.24, 2.45) is 0 Å². The number of nitrogens with zero attached hydrogens (tertiary/aromatic N) is 1. The number of aliphatic hydroxyl groups is 1. The van der Waals surface area contributed by atoms with E-state index >= 15 is 0 Å². The van der Waals surface area contributed by atoms with Crippen LogP contribution in [0, 0.1) is 10.1 Å². The average molecular weight is 240 g/mol. The van der Waals surface area contributed by atoms with Crippen LogP contribution < -0.4 is 10.1 Å². The molecule has 0 atom stereocenters. The first-order valence-corrected chi connectivity index (χ1v) is 5.44. The molecule has 6 heteroatoms. The van der Waals surface area contributed by atoms with Crippen LogP contribution in [0.1, 0.15) is 13.3 Å². The summed E-state index contributed by atoms with van der Waals surface area (Å²) in [5.41, 5.74) is 0.540. The Bertz CT molecular complexity index is 355. The van der Waals surface area contributed by atoms with E-state index in [1.807, 2.05) is 6.92 Å². The van der Waals surface area contributed by atoms with Crippen LogP contribution in [-0.4, -0.2) is 29.8 Å². The summed E-state index contributed by atoms with van der Waals surface area (Å²) in [4.78, 5) is 10.3. The lowest BCUT2D eigenvalue weighted by Crippen LogP contribution is -2.06. The molecule has 0 spiro atoms. The second kappa shape index (κ2) is 6.70. The Morgan fingerprint density at radius 1 is 1.47 bits per heavy atom. The van der Waals surface area contributed by atoms with E-state index in [2.05, 4.69) is 5.32 Å². The second-order valence-electron chi connectivity index (χ2n) is 3.47. The highest BCUT2D eigenvalue weighted by Crippen LogP contribution is 2.26. The van der Waals surface area contributed by atoms with E-state index in [4.69, 9.17) is 9.84 Å². The molecule has 0 heterocycles. The van der Waals surface area contributed by atoms with Crippen LogP contribution in [0.15, 0.2) is 18.2 Å². The number of anilines is 1. The topological polar surface area (TPSA) is 84.6 Å². The monoisotopic (exact) mass is 240 g/mol. The molecule has 0 aliphatic carbocycles. The van der Waals surface area contributed by atoms with Gasteiger partial charge in [0.25, 0.3) is 5.69 Å². The molecular weight excluding hydrogens is 224 g/mol. The Labute approximate surface area is 99.4 Å². The molecule has 0 amide bonds. The molecule has 0 radical (unpaired) electrons. The van der Waals surface area contributed by atoms with E-state index in [0.717, 1.165) is 6.42 Å². The summed E-state index contributed by atoms with van der Waals surface area (Å²) in [6.07, 6.45) is 0.835. The van der Waals surface area contributed by atoms with E-state index < -0.39 is 4.92 Å². The van der Waals surface area contributed by atoms with Crippen molar-refractivity contribution in [3.63, 3.8) is 0 Å². The van der Waals surface area contributed by atoms with E-state index in [-0.39, 0.29) is 12.3 Å². The maximum absolute atomic E-state index is 10.7. The number of nitrogens with one attached hydrogen (secondary N) is 1. The number of aliphatic hydroxyl groups excluding tert-OH is 1. The summed E-state index contributed by atoms with van der Waals surface area (Å²) in [6, 6.07) is 4.48. The lowest BCUT2D eigenvalue weighted by atomic mass is 10.2. The Kier molecular flexibility index (Phi) is 5.22. The maximum atomic E-state index is 10.7. The van der Waals surface area contributed by atoms with Gasteiger partial charge < -0.3 is 15.2 Å². The van der Waals surface area contributed by atoms with Gasteiger partial charge in [-0.25, -0.2) is 0 Å².